The molecule has 0 spiro atoms. The van der Waals surface area contributed by atoms with Crippen molar-refractivity contribution in [2.45, 2.75) is 6.42 Å². The lowest BCUT2D eigenvalue weighted by Crippen LogP contribution is -2.16. The maximum atomic E-state index is 11.7. The molecule has 1 aromatic heterocycles. The van der Waals surface area contributed by atoms with Gasteiger partial charge in [-0.3, -0.25) is 10.1 Å². The predicted octanol–water partition coefficient (Wildman–Crippen LogP) is 1.60. The van der Waals surface area contributed by atoms with Crippen LogP contribution in [0, 0.1) is 0 Å². The molecule has 1 N–H and O–H groups in total. The Labute approximate surface area is 93.9 Å². The smallest absolute Gasteiger partial charge is 0.231 e. The third-order valence-electron chi connectivity index (χ3n) is 2.28. The molecule has 1 amide bonds. The Morgan fingerprint density at radius 1 is 1.38 bits per heavy atom. The third-order valence-corrected chi connectivity index (χ3v) is 2.28. The Kier molecular flexibility index (Phi) is 3.00. The fourth-order valence-corrected chi connectivity index (χ4v) is 1.44. The van der Waals surface area contributed by atoms with Crippen LogP contribution in [-0.2, 0) is 18.3 Å². The summed E-state index contributed by atoms with van der Waals surface area (Å²) in [5, 5.41) is 2.75. The second kappa shape index (κ2) is 4.61. The summed E-state index contributed by atoms with van der Waals surface area (Å²) in [5.74, 6) is 0.515. The zero-order valence-electron chi connectivity index (χ0n) is 9.05. The summed E-state index contributed by atoms with van der Waals surface area (Å²) in [5.41, 5.74) is 0.995. The summed E-state index contributed by atoms with van der Waals surface area (Å²) in [4.78, 5) is 15.7. The lowest BCUT2D eigenvalue weighted by atomic mass is 10.1. The summed E-state index contributed by atoms with van der Waals surface area (Å²) < 4.78 is 1.77. The molecule has 4 nitrogen and oxygen atoms in total. The van der Waals surface area contributed by atoms with Crippen LogP contribution in [-0.4, -0.2) is 15.5 Å². The summed E-state index contributed by atoms with van der Waals surface area (Å²) in [7, 11) is 1.84. The van der Waals surface area contributed by atoms with Gasteiger partial charge in [0.25, 0.3) is 0 Å². The van der Waals surface area contributed by atoms with Gasteiger partial charge < -0.3 is 4.57 Å². The van der Waals surface area contributed by atoms with E-state index >= 15 is 0 Å². The van der Waals surface area contributed by atoms with Crippen LogP contribution in [0.3, 0.4) is 0 Å². The van der Waals surface area contributed by atoms with Gasteiger partial charge in [-0.25, -0.2) is 4.98 Å². The van der Waals surface area contributed by atoms with E-state index in [4.69, 9.17) is 0 Å². The number of rotatable bonds is 3. The number of imidazole rings is 1. The van der Waals surface area contributed by atoms with Crippen molar-refractivity contribution in [2.24, 2.45) is 7.05 Å². The maximum Gasteiger partial charge on any atom is 0.231 e. The molecule has 0 aliphatic heterocycles. The highest BCUT2D eigenvalue weighted by Gasteiger charge is 2.06. The number of amides is 1. The number of nitrogens with one attached hydrogen (secondary N) is 1. The van der Waals surface area contributed by atoms with E-state index in [-0.39, 0.29) is 5.91 Å². The van der Waals surface area contributed by atoms with Gasteiger partial charge in [-0.15, -0.1) is 0 Å². The highest BCUT2D eigenvalue weighted by Crippen LogP contribution is 2.04. The van der Waals surface area contributed by atoms with Crippen molar-refractivity contribution < 1.29 is 4.79 Å². The molecule has 2 rings (SSSR count). The lowest BCUT2D eigenvalue weighted by molar-refractivity contribution is -0.115. The minimum atomic E-state index is -0.0551. The molecule has 0 saturated heterocycles. The van der Waals surface area contributed by atoms with Crippen molar-refractivity contribution >= 4 is 11.9 Å². The Hall–Kier alpha value is -2.10. The Morgan fingerprint density at radius 2 is 2.12 bits per heavy atom. The van der Waals surface area contributed by atoms with Crippen molar-refractivity contribution in [3.63, 3.8) is 0 Å². The van der Waals surface area contributed by atoms with Gasteiger partial charge in [-0.1, -0.05) is 30.3 Å². The summed E-state index contributed by atoms with van der Waals surface area (Å²) in [6.45, 7) is 0. The van der Waals surface area contributed by atoms with E-state index < -0.39 is 0 Å². The van der Waals surface area contributed by atoms with Crippen LogP contribution in [0.25, 0.3) is 0 Å². The number of nitrogens with zero attached hydrogens (tertiary/aromatic N) is 2. The average molecular weight is 215 g/mol. The molecule has 0 bridgehead atoms. The van der Waals surface area contributed by atoms with Gasteiger partial charge in [0, 0.05) is 19.4 Å². The quantitative estimate of drug-likeness (QED) is 0.845. The number of hydrogen-bond donors (Lipinski definition) is 1. The molecular formula is C12H13N3O. The van der Waals surface area contributed by atoms with Gasteiger partial charge >= 0.3 is 0 Å². The van der Waals surface area contributed by atoms with Crippen LogP contribution < -0.4 is 5.32 Å². The first kappa shape index (κ1) is 10.4. The summed E-state index contributed by atoms with van der Waals surface area (Å²) in [6.07, 6.45) is 3.81. The third kappa shape index (κ3) is 2.48. The zero-order valence-corrected chi connectivity index (χ0v) is 9.05. The molecule has 1 heterocycles. The second-order valence-corrected chi connectivity index (χ2v) is 3.57. The van der Waals surface area contributed by atoms with Crippen molar-refractivity contribution in [2.75, 3.05) is 5.32 Å². The van der Waals surface area contributed by atoms with Gasteiger partial charge in [-0.05, 0) is 5.56 Å². The molecule has 1 aromatic carbocycles. The fraction of sp³-hybridized carbons (Fsp3) is 0.167. The number of anilines is 1. The number of hydrogen-bond acceptors (Lipinski definition) is 2. The van der Waals surface area contributed by atoms with Crippen LogP contribution in [0.1, 0.15) is 5.56 Å². The van der Waals surface area contributed by atoms with E-state index in [1.54, 1.807) is 17.0 Å². The highest BCUT2D eigenvalue weighted by molar-refractivity contribution is 5.90. The van der Waals surface area contributed by atoms with E-state index in [2.05, 4.69) is 10.3 Å². The molecule has 0 saturated carbocycles. The molecule has 0 unspecified atom stereocenters. The van der Waals surface area contributed by atoms with Crippen molar-refractivity contribution in [1.82, 2.24) is 9.55 Å². The van der Waals surface area contributed by atoms with Gasteiger partial charge in [0.1, 0.15) is 0 Å². The Balaban J connectivity index is 1.98. The van der Waals surface area contributed by atoms with Crippen LogP contribution in [0.2, 0.25) is 0 Å². The van der Waals surface area contributed by atoms with Crippen molar-refractivity contribution in [3.8, 4) is 0 Å². The molecule has 4 heteroatoms. The van der Waals surface area contributed by atoms with E-state index in [1.807, 2.05) is 37.4 Å². The molecule has 0 aliphatic carbocycles. The first-order valence-corrected chi connectivity index (χ1v) is 5.07. The highest BCUT2D eigenvalue weighted by atomic mass is 16.1. The number of aryl methyl sites for hydroxylation is 1. The van der Waals surface area contributed by atoms with E-state index in [1.165, 1.54) is 0 Å². The standard InChI is InChI=1S/C12H13N3O/c1-15-8-7-13-12(15)14-11(16)9-10-5-3-2-4-6-10/h2-8H,9H2,1H3,(H,13,14,16). The normalized spacial score (nSPS) is 10.1. The molecule has 2 aromatic rings. The maximum absolute atomic E-state index is 11.7. The minimum Gasteiger partial charge on any atom is -0.320 e. The van der Waals surface area contributed by atoms with Crippen LogP contribution >= 0.6 is 0 Å². The van der Waals surface area contributed by atoms with Crippen LogP contribution in [0.15, 0.2) is 42.7 Å². The molecule has 16 heavy (non-hydrogen) atoms. The van der Waals surface area contributed by atoms with Crippen molar-refractivity contribution in [1.29, 1.82) is 0 Å². The minimum absolute atomic E-state index is 0.0551. The number of carbonyl (C=O) groups excluding carboxylic acids is 1. The molecule has 82 valence electrons. The van der Waals surface area contributed by atoms with Gasteiger partial charge in [0.2, 0.25) is 11.9 Å². The molecule has 0 atom stereocenters. The van der Waals surface area contributed by atoms with Crippen LogP contribution in [0.4, 0.5) is 5.95 Å². The average Bonchev–Trinajstić information content (AvgIpc) is 2.66. The van der Waals surface area contributed by atoms with Gasteiger partial charge in [0.05, 0.1) is 6.42 Å². The van der Waals surface area contributed by atoms with E-state index in [0.717, 1.165) is 5.56 Å². The second-order valence-electron chi connectivity index (χ2n) is 3.57. The molecule has 0 radical (unpaired) electrons. The van der Waals surface area contributed by atoms with E-state index in [0.29, 0.717) is 12.4 Å². The predicted molar refractivity (Wildman–Crippen MR) is 62.0 cm³/mol. The summed E-state index contributed by atoms with van der Waals surface area (Å²) >= 11 is 0. The Bertz CT molecular complexity index is 476. The van der Waals surface area contributed by atoms with Gasteiger partial charge in [0.15, 0.2) is 0 Å². The zero-order chi connectivity index (χ0) is 11.4. The van der Waals surface area contributed by atoms with E-state index in [9.17, 15) is 4.79 Å². The molecule has 0 aliphatic rings. The lowest BCUT2D eigenvalue weighted by Gasteiger charge is -2.04. The SMILES string of the molecule is Cn1ccnc1NC(=O)Cc1ccccc1. The Morgan fingerprint density at radius 3 is 2.75 bits per heavy atom. The van der Waals surface area contributed by atoms with Crippen molar-refractivity contribution in [3.05, 3.63) is 48.3 Å². The molecular weight excluding hydrogens is 202 g/mol. The first-order chi connectivity index (χ1) is 7.75. The number of carbonyl (C=O) groups is 1. The molecule has 0 fully saturated rings. The van der Waals surface area contributed by atoms with Crippen LogP contribution in [0.5, 0.6) is 0 Å². The first-order valence-electron chi connectivity index (χ1n) is 5.07. The monoisotopic (exact) mass is 215 g/mol. The fourth-order valence-electron chi connectivity index (χ4n) is 1.44. The number of benzene rings is 1. The number of aromatic nitrogens is 2. The summed E-state index contributed by atoms with van der Waals surface area (Å²) in [6, 6.07) is 9.63. The van der Waals surface area contributed by atoms with Gasteiger partial charge in [-0.2, -0.15) is 0 Å². The largest absolute Gasteiger partial charge is 0.320 e. The topological polar surface area (TPSA) is 46.9 Å².